The number of nitroso groups, excluding NO2 is 1. The molecule has 0 aliphatic rings. The summed E-state index contributed by atoms with van der Waals surface area (Å²) >= 11 is 0. The van der Waals surface area contributed by atoms with Crippen LogP contribution in [0.1, 0.15) is 12.8 Å². The van der Waals surface area contributed by atoms with Gasteiger partial charge in [-0.15, -0.1) is 0 Å². The van der Waals surface area contributed by atoms with Crippen molar-refractivity contribution in [2.24, 2.45) is 5.18 Å². The van der Waals surface area contributed by atoms with Crippen molar-refractivity contribution in [3.63, 3.8) is 0 Å². The van der Waals surface area contributed by atoms with Crippen LogP contribution in [-0.2, 0) is 0 Å². The Kier molecular flexibility index (Phi) is 4.47. The highest BCUT2D eigenvalue weighted by Crippen LogP contribution is 2.13. The lowest BCUT2D eigenvalue weighted by Gasteiger charge is -2.04. The molecule has 4 heteroatoms. The van der Waals surface area contributed by atoms with Gasteiger partial charge in [-0.05, 0) is 37.1 Å². The maximum absolute atomic E-state index is 9.77. The van der Waals surface area contributed by atoms with Crippen LogP contribution in [0.2, 0.25) is 0 Å². The fourth-order valence-electron chi connectivity index (χ4n) is 1.03. The molecule has 1 rings (SSSR count). The van der Waals surface area contributed by atoms with Crippen molar-refractivity contribution < 1.29 is 4.74 Å². The van der Waals surface area contributed by atoms with Crippen LogP contribution in [0.25, 0.3) is 0 Å². The summed E-state index contributed by atoms with van der Waals surface area (Å²) in [7, 11) is 0. The van der Waals surface area contributed by atoms with Crippen LogP contribution in [0.5, 0.6) is 5.75 Å². The van der Waals surface area contributed by atoms with Gasteiger partial charge in [0, 0.05) is 5.69 Å². The van der Waals surface area contributed by atoms with Crippen molar-refractivity contribution >= 4 is 5.69 Å². The Bertz CT molecular complexity index is 272. The molecular formula is C10H14N2O2. The molecule has 0 amide bonds. The molecule has 76 valence electrons. The number of rotatable bonds is 6. The summed E-state index contributed by atoms with van der Waals surface area (Å²) < 4.78 is 5.41. The normalized spacial score (nSPS) is 9.71. The lowest BCUT2D eigenvalue weighted by atomic mass is 10.3. The molecule has 0 saturated carbocycles. The monoisotopic (exact) mass is 194 g/mol. The summed E-state index contributed by atoms with van der Waals surface area (Å²) in [5.41, 5.74) is 6.24. The molecule has 0 aromatic heterocycles. The van der Waals surface area contributed by atoms with E-state index >= 15 is 0 Å². The van der Waals surface area contributed by atoms with E-state index in [0.29, 0.717) is 13.2 Å². The van der Waals surface area contributed by atoms with Crippen LogP contribution in [0.4, 0.5) is 5.69 Å². The average molecular weight is 194 g/mol. The highest BCUT2D eigenvalue weighted by atomic mass is 16.5. The summed E-state index contributed by atoms with van der Waals surface area (Å²) in [5.74, 6) is 0.804. The highest BCUT2D eigenvalue weighted by molar-refractivity contribution is 5.41. The van der Waals surface area contributed by atoms with E-state index in [1.54, 1.807) is 12.1 Å². The van der Waals surface area contributed by atoms with Crippen molar-refractivity contribution in [1.29, 1.82) is 0 Å². The number of anilines is 1. The second-order valence-corrected chi connectivity index (χ2v) is 2.98. The molecule has 2 N–H and O–H groups in total. The fourth-order valence-corrected chi connectivity index (χ4v) is 1.03. The van der Waals surface area contributed by atoms with Crippen LogP contribution < -0.4 is 10.5 Å². The Morgan fingerprint density at radius 3 is 2.57 bits per heavy atom. The van der Waals surface area contributed by atoms with Gasteiger partial charge in [0.1, 0.15) is 5.75 Å². The van der Waals surface area contributed by atoms with E-state index in [9.17, 15) is 4.91 Å². The first kappa shape index (κ1) is 10.5. The third-order valence-corrected chi connectivity index (χ3v) is 1.79. The first-order valence-corrected chi connectivity index (χ1v) is 4.60. The molecule has 0 aliphatic heterocycles. The molecule has 0 atom stereocenters. The number of hydrogen-bond acceptors (Lipinski definition) is 4. The molecule has 1 aromatic rings. The van der Waals surface area contributed by atoms with Crippen molar-refractivity contribution in [1.82, 2.24) is 0 Å². The SMILES string of the molecule is Nc1ccc(OCCCCN=O)cc1. The van der Waals surface area contributed by atoms with Gasteiger partial charge in [-0.1, -0.05) is 5.18 Å². The standard InChI is InChI=1S/C10H14N2O2/c11-9-3-5-10(6-4-9)14-8-2-1-7-12-13/h3-6H,1-2,7-8,11H2. The van der Waals surface area contributed by atoms with E-state index in [-0.39, 0.29) is 0 Å². The zero-order valence-electron chi connectivity index (χ0n) is 7.98. The Labute approximate surface area is 83.0 Å². The van der Waals surface area contributed by atoms with Gasteiger partial charge in [-0.25, -0.2) is 0 Å². The van der Waals surface area contributed by atoms with E-state index < -0.39 is 0 Å². The summed E-state index contributed by atoms with van der Waals surface area (Å²) in [6, 6.07) is 7.24. The van der Waals surface area contributed by atoms with Gasteiger partial charge in [-0.2, -0.15) is 4.91 Å². The molecular weight excluding hydrogens is 180 g/mol. The minimum Gasteiger partial charge on any atom is -0.494 e. The lowest BCUT2D eigenvalue weighted by molar-refractivity contribution is 0.308. The van der Waals surface area contributed by atoms with Crippen molar-refractivity contribution in [3.05, 3.63) is 29.2 Å². The minimum atomic E-state index is 0.366. The highest BCUT2D eigenvalue weighted by Gasteiger charge is 1.93. The van der Waals surface area contributed by atoms with Crippen LogP contribution in [0.3, 0.4) is 0 Å². The van der Waals surface area contributed by atoms with Gasteiger partial charge in [-0.3, -0.25) is 0 Å². The molecule has 4 nitrogen and oxygen atoms in total. The average Bonchev–Trinajstić information content (AvgIpc) is 2.21. The number of hydrogen-bond donors (Lipinski definition) is 1. The second kappa shape index (κ2) is 5.96. The lowest BCUT2D eigenvalue weighted by Crippen LogP contribution is -1.98. The largest absolute Gasteiger partial charge is 0.494 e. The van der Waals surface area contributed by atoms with Crippen LogP contribution in [-0.4, -0.2) is 13.2 Å². The molecule has 1 aromatic carbocycles. The van der Waals surface area contributed by atoms with Crippen LogP contribution in [0.15, 0.2) is 29.4 Å². The first-order valence-electron chi connectivity index (χ1n) is 4.60. The van der Waals surface area contributed by atoms with E-state index in [4.69, 9.17) is 10.5 Å². The van der Waals surface area contributed by atoms with Crippen LogP contribution in [0, 0.1) is 4.91 Å². The molecule has 0 fully saturated rings. The number of nitrogens with zero attached hydrogens (tertiary/aromatic N) is 1. The predicted octanol–water partition coefficient (Wildman–Crippen LogP) is 2.19. The van der Waals surface area contributed by atoms with Crippen molar-refractivity contribution in [2.75, 3.05) is 18.9 Å². The third-order valence-electron chi connectivity index (χ3n) is 1.79. The molecule has 0 unspecified atom stereocenters. The van der Waals surface area contributed by atoms with Crippen LogP contribution >= 0.6 is 0 Å². The van der Waals surface area contributed by atoms with Gasteiger partial charge in [0.2, 0.25) is 0 Å². The molecule has 0 aliphatic carbocycles. The predicted molar refractivity (Wildman–Crippen MR) is 56.2 cm³/mol. The van der Waals surface area contributed by atoms with Crippen molar-refractivity contribution in [3.8, 4) is 5.75 Å². The summed E-state index contributed by atoms with van der Waals surface area (Å²) in [4.78, 5) is 9.77. The smallest absolute Gasteiger partial charge is 0.119 e. The molecule has 0 bridgehead atoms. The maximum Gasteiger partial charge on any atom is 0.119 e. The minimum absolute atomic E-state index is 0.366. The maximum atomic E-state index is 9.77. The molecule has 0 spiro atoms. The van der Waals surface area contributed by atoms with E-state index in [1.807, 2.05) is 12.1 Å². The van der Waals surface area contributed by atoms with Gasteiger partial charge >= 0.3 is 0 Å². The summed E-state index contributed by atoms with van der Waals surface area (Å²) in [5, 5.41) is 2.77. The van der Waals surface area contributed by atoms with E-state index in [2.05, 4.69) is 5.18 Å². The number of unbranched alkanes of at least 4 members (excludes halogenated alkanes) is 1. The Balaban J connectivity index is 2.18. The zero-order valence-corrected chi connectivity index (χ0v) is 7.98. The van der Waals surface area contributed by atoms with Gasteiger partial charge in [0.25, 0.3) is 0 Å². The Morgan fingerprint density at radius 1 is 1.21 bits per heavy atom. The molecule has 0 saturated heterocycles. The summed E-state index contributed by atoms with van der Waals surface area (Å²) in [6.07, 6.45) is 1.62. The summed E-state index contributed by atoms with van der Waals surface area (Å²) in [6.45, 7) is 0.977. The zero-order chi connectivity index (χ0) is 10.2. The third kappa shape index (κ3) is 3.89. The number of benzene rings is 1. The quantitative estimate of drug-likeness (QED) is 0.429. The van der Waals surface area contributed by atoms with Crippen molar-refractivity contribution in [2.45, 2.75) is 12.8 Å². The second-order valence-electron chi connectivity index (χ2n) is 2.98. The number of nitrogen functional groups attached to an aromatic ring is 1. The van der Waals surface area contributed by atoms with E-state index in [0.717, 1.165) is 24.3 Å². The molecule has 14 heavy (non-hydrogen) atoms. The topological polar surface area (TPSA) is 64.7 Å². The Hall–Kier alpha value is -1.58. The van der Waals surface area contributed by atoms with Gasteiger partial charge in [0.05, 0.1) is 13.2 Å². The fraction of sp³-hybridized carbons (Fsp3) is 0.400. The van der Waals surface area contributed by atoms with Gasteiger partial charge < -0.3 is 10.5 Å². The number of ether oxygens (including phenoxy) is 1. The molecule has 0 radical (unpaired) electrons. The van der Waals surface area contributed by atoms with Gasteiger partial charge in [0.15, 0.2) is 0 Å². The Morgan fingerprint density at radius 2 is 1.93 bits per heavy atom. The van der Waals surface area contributed by atoms with E-state index in [1.165, 1.54) is 0 Å². The number of nitrogens with two attached hydrogens (primary N) is 1. The molecule has 0 heterocycles. The first-order chi connectivity index (χ1) is 6.83.